The van der Waals surface area contributed by atoms with Crippen molar-refractivity contribution in [2.24, 2.45) is 0 Å². The smallest absolute Gasteiger partial charge is 0.245 e. The molecule has 1 aromatic heterocycles. The van der Waals surface area contributed by atoms with Crippen LogP contribution in [0.2, 0.25) is 0 Å². The molecule has 1 atom stereocenters. The summed E-state index contributed by atoms with van der Waals surface area (Å²) < 4.78 is 31.3. The van der Waals surface area contributed by atoms with E-state index in [2.05, 4.69) is 5.16 Å². The number of nitrogens with zero attached hydrogens (tertiary/aromatic N) is 4. The van der Waals surface area contributed by atoms with Gasteiger partial charge in [-0.3, -0.25) is 9.59 Å². The summed E-state index contributed by atoms with van der Waals surface area (Å²) in [6.45, 7) is 1.67. The van der Waals surface area contributed by atoms with Gasteiger partial charge in [-0.25, -0.2) is 8.42 Å². The highest BCUT2D eigenvalue weighted by molar-refractivity contribution is 7.88. The summed E-state index contributed by atoms with van der Waals surface area (Å²) in [6, 6.07) is 10.6. The average molecular weight is 447 g/mol. The molecule has 0 spiro atoms. The number of hydrogen-bond donors (Lipinski definition) is 0. The number of benzene rings is 1. The monoisotopic (exact) mass is 446 g/mol. The molecule has 0 saturated carbocycles. The Morgan fingerprint density at radius 3 is 2.45 bits per heavy atom. The molecular weight excluding hydrogens is 420 g/mol. The summed E-state index contributed by atoms with van der Waals surface area (Å²) in [7, 11) is -3.52. The summed E-state index contributed by atoms with van der Waals surface area (Å²) in [5, 5.41) is 3.66. The molecule has 2 aromatic rings. The van der Waals surface area contributed by atoms with E-state index < -0.39 is 16.1 Å². The molecule has 2 aliphatic rings. The second-order valence-corrected chi connectivity index (χ2v) is 9.85. The number of hydrogen-bond acceptors (Lipinski definition) is 6. The Balaban J connectivity index is 1.34. The van der Waals surface area contributed by atoms with Gasteiger partial charge in [0.25, 0.3) is 0 Å². The maximum absolute atomic E-state index is 13.1. The zero-order valence-electron chi connectivity index (χ0n) is 17.2. The van der Waals surface area contributed by atoms with Crippen LogP contribution in [-0.2, 0) is 31.8 Å². The van der Waals surface area contributed by atoms with Gasteiger partial charge in [0.15, 0.2) is 0 Å². The first kappa shape index (κ1) is 21.5. The average Bonchev–Trinajstić information content (AvgIpc) is 3.46. The molecule has 1 unspecified atom stereocenters. The van der Waals surface area contributed by atoms with Crippen molar-refractivity contribution in [2.45, 2.75) is 31.1 Å². The van der Waals surface area contributed by atoms with Crippen LogP contribution in [0.4, 0.5) is 0 Å². The van der Waals surface area contributed by atoms with Gasteiger partial charge in [-0.1, -0.05) is 35.5 Å². The van der Waals surface area contributed by atoms with Crippen molar-refractivity contribution in [3.05, 3.63) is 53.9 Å². The van der Waals surface area contributed by atoms with Gasteiger partial charge in [0, 0.05) is 38.8 Å². The maximum atomic E-state index is 13.1. The third-order valence-electron chi connectivity index (χ3n) is 5.82. The van der Waals surface area contributed by atoms with Crippen molar-refractivity contribution < 1.29 is 22.5 Å². The van der Waals surface area contributed by atoms with Crippen molar-refractivity contribution in [2.75, 3.05) is 32.7 Å². The van der Waals surface area contributed by atoms with Gasteiger partial charge in [0.2, 0.25) is 21.8 Å². The minimum absolute atomic E-state index is 0.0455. The SMILES string of the molecule is O=C(C1CCCN1C(=O)Cc1ccccc1)N1CCN(S(=O)(=O)Cc2ccon2)CC1. The first-order valence-electron chi connectivity index (χ1n) is 10.4. The fourth-order valence-corrected chi connectivity index (χ4v) is 5.61. The molecule has 166 valence electrons. The van der Waals surface area contributed by atoms with Crippen LogP contribution in [-0.4, -0.2) is 78.3 Å². The van der Waals surface area contributed by atoms with E-state index in [-0.39, 0.29) is 37.1 Å². The molecule has 9 nitrogen and oxygen atoms in total. The lowest BCUT2D eigenvalue weighted by Crippen LogP contribution is -2.55. The van der Waals surface area contributed by atoms with Gasteiger partial charge in [-0.05, 0) is 18.4 Å². The standard InChI is InChI=1S/C21H26N4O5S/c26-20(15-17-5-2-1-3-6-17)25-9-4-7-19(25)21(27)23-10-12-24(13-11-23)31(28,29)16-18-8-14-30-22-18/h1-3,5-6,8,14,19H,4,7,9-13,15-16H2. The molecule has 0 bridgehead atoms. The Kier molecular flexibility index (Phi) is 6.38. The lowest BCUT2D eigenvalue weighted by atomic mass is 10.1. The predicted molar refractivity (Wildman–Crippen MR) is 112 cm³/mol. The van der Waals surface area contributed by atoms with Crippen LogP contribution in [0.25, 0.3) is 0 Å². The number of likely N-dealkylation sites (tertiary alicyclic amines) is 1. The summed E-state index contributed by atoms with van der Waals surface area (Å²) in [4.78, 5) is 29.3. The molecule has 10 heteroatoms. The predicted octanol–water partition coefficient (Wildman–Crippen LogP) is 0.882. The minimum Gasteiger partial charge on any atom is -0.364 e. The van der Waals surface area contributed by atoms with E-state index in [1.807, 2.05) is 30.3 Å². The first-order chi connectivity index (χ1) is 14.9. The van der Waals surface area contributed by atoms with E-state index in [0.717, 1.165) is 12.0 Å². The Hall–Kier alpha value is -2.72. The van der Waals surface area contributed by atoms with Crippen LogP contribution >= 0.6 is 0 Å². The van der Waals surface area contributed by atoms with Crippen molar-refractivity contribution in [3.63, 3.8) is 0 Å². The molecule has 4 rings (SSSR count). The second-order valence-electron chi connectivity index (χ2n) is 7.88. The minimum atomic E-state index is -3.52. The highest BCUT2D eigenvalue weighted by atomic mass is 32.2. The molecule has 0 radical (unpaired) electrons. The van der Waals surface area contributed by atoms with Crippen LogP contribution in [0.1, 0.15) is 24.1 Å². The molecule has 2 saturated heterocycles. The number of carbonyl (C=O) groups is 2. The van der Waals surface area contributed by atoms with Gasteiger partial charge < -0.3 is 14.3 Å². The molecule has 2 amide bonds. The largest absolute Gasteiger partial charge is 0.364 e. The van der Waals surface area contributed by atoms with E-state index in [9.17, 15) is 18.0 Å². The molecule has 1 aromatic carbocycles. The third kappa shape index (κ3) is 4.96. The van der Waals surface area contributed by atoms with Crippen LogP contribution in [0.3, 0.4) is 0 Å². The van der Waals surface area contributed by atoms with Crippen LogP contribution in [0, 0.1) is 0 Å². The van der Waals surface area contributed by atoms with Gasteiger partial charge in [-0.2, -0.15) is 4.31 Å². The molecule has 2 aliphatic heterocycles. The zero-order valence-corrected chi connectivity index (χ0v) is 18.0. The Labute approximate surface area is 181 Å². The fraction of sp³-hybridized carbons (Fsp3) is 0.476. The van der Waals surface area contributed by atoms with Crippen molar-refractivity contribution in [1.82, 2.24) is 19.3 Å². The van der Waals surface area contributed by atoms with Gasteiger partial charge in [0.05, 0.1) is 12.1 Å². The number of carbonyl (C=O) groups excluding carboxylic acids is 2. The molecule has 2 fully saturated rings. The van der Waals surface area contributed by atoms with Gasteiger partial charge in [0.1, 0.15) is 18.1 Å². The number of rotatable bonds is 6. The first-order valence-corrected chi connectivity index (χ1v) is 12.0. The van der Waals surface area contributed by atoms with Crippen LogP contribution < -0.4 is 0 Å². The number of aromatic nitrogens is 1. The molecule has 3 heterocycles. The van der Waals surface area contributed by atoms with E-state index >= 15 is 0 Å². The molecule has 31 heavy (non-hydrogen) atoms. The topological polar surface area (TPSA) is 104 Å². The van der Waals surface area contributed by atoms with Crippen LogP contribution in [0.15, 0.2) is 47.2 Å². The van der Waals surface area contributed by atoms with E-state index in [0.29, 0.717) is 31.7 Å². The summed E-state index contributed by atoms with van der Waals surface area (Å²) in [5.41, 5.74) is 1.29. The third-order valence-corrected chi connectivity index (χ3v) is 7.63. The Morgan fingerprint density at radius 1 is 1.03 bits per heavy atom. The Morgan fingerprint density at radius 2 is 1.77 bits per heavy atom. The van der Waals surface area contributed by atoms with Crippen molar-refractivity contribution in [1.29, 1.82) is 0 Å². The summed E-state index contributed by atoms with van der Waals surface area (Å²) in [5.74, 6) is -0.356. The van der Waals surface area contributed by atoms with Gasteiger partial charge >= 0.3 is 0 Å². The van der Waals surface area contributed by atoms with Crippen molar-refractivity contribution >= 4 is 21.8 Å². The number of amides is 2. The van der Waals surface area contributed by atoms with Crippen molar-refractivity contribution in [3.8, 4) is 0 Å². The van der Waals surface area contributed by atoms with E-state index in [1.54, 1.807) is 9.80 Å². The lowest BCUT2D eigenvalue weighted by molar-refractivity contribution is -0.144. The fourth-order valence-electron chi connectivity index (χ4n) is 4.18. The normalized spacial score (nSPS) is 20.2. The summed E-state index contributed by atoms with van der Waals surface area (Å²) >= 11 is 0. The number of sulfonamides is 1. The maximum Gasteiger partial charge on any atom is 0.245 e. The second kappa shape index (κ2) is 9.19. The zero-order chi connectivity index (χ0) is 21.8. The number of piperazine rings is 1. The molecular formula is C21H26N4O5S. The lowest BCUT2D eigenvalue weighted by Gasteiger charge is -2.36. The van der Waals surface area contributed by atoms with E-state index in [4.69, 9.17) is 4.52 Å². The summed E-state index contributed by atoms with van der Waals surface area (Å²) in [6.07, 6.45) is 3.06. The molecule has 0 N–H and O–H groups in total. The molecule has 0 aliphatic carbocycles. The highest BCUT2D eigenvalue weighted by Crippen LogP contribution is 2.22. The van der Waals surface area contributed by atoms with Gasteiger partial charge in [-0.15, -0.1) is 0 Å². The highest BCUT2D eigenvalue weighted by Gasteiger charge is 2.38. The Bertz CT molecular complexity index is 1000. The van der Waals surface area contributed by atoms with Crippen LogP contribution in [0.5, 0.6) is 0 Å². The van der Waals surface area contributed by atoms with E-state index in [1.165, 1.54) is 16.6 Å². The quantitative estimate of drug-likeness (QED) is 0.653.